The number of halogens is 1. The molecule has 3 atom stereocenters. The lowest BCUT2D eigenvalue weighted by Gasteiger charge is -2.19. The van der Waals surface area contributed by atoms with Crippen LogP contribution >= 0.6 is 0 Å². The molecule has 1 aromatic rings. The minimum atomic E-state index is -0.198. The van der Waals surface area contributed by atoms with E-state index in [4.69, 9.17) is 0 Å². The van der Waals surface area contributed by atoms with Crippen LogP contribution in [-0.4, -0.2) is 29.9 Å². The molecular weight excluding hydrogens is 281 g/mol. The van der Waals surface area contributed by atoms with Crippen molar-refractivity contribution in [3.8, 4) is 0 Å². The number of hydrogen-bond donors (Lipinski definition) is 2. The van der Waals surface area contributed by atoms with Crippen molar-refractivity contribution in [1.82, 2.24) is 15.8 Å². The van der Waals surface area contributed by atoms with Gasteiger partial charge >= 0.3 is 0 Å². The van der Waals surface area contributed by atoms with Crippen LogP contribution in [0.5, 0.6) is 0 Å². The van der Waals surface area contributed by atoms with Crippen molar-refractivity contribution in [2.45, 2.75) is 37.8 Å². The van der Waals surface area contributed by atoms with Crippen molar-refractivity contribution in [3.05, 3.63) is 35.6 Å². The number of hydrogen-bond acceptors (Lipinski definition) is 3. The molecule has 3 unspecified atom stereocenters. The van der Waals surface area contributed by atoms with E-state index >= 15 is 0 Å². The van der Waals surface area contributed by atoms with Crippen LogP contribution in [0.3, 0.4) is 0 Å². The van der Waals surface area contributed by atoms with Gasteiger partial charge in [-0.3, -0.25) is 15.6 Å². The fourth-order valence-electron chi connectivity index (χ4n) is 3.71. The molecule has 1 saturated carbocycles. The number of nitrogens with one attached hydrogen (secondary N) is 2. The largest absolute Gasteiger partial charge is 0.342 e. The minimum absolute atomic E-state index is 0.198. The Hall–Kier alpha value is -1.46. The molecule has 2 saturated heterocycles. The third-order valence-corrected chi connectivity index (χ3v) is 5.24. The molecule has 4 nitrogen and oxygen atoms in total. The van der Waals surface area contributed by atoms with E-state index in [9.17, 15) is 9.18 Å². The maximum atomic E-state index is 13.0. The average Bonchev–Trinajstić information content (AvgIpc) is 3.06. The predicted octanol–water partition coefficient (Wildman–Crippen LogP) is 1.99. The van der Waals surface area contributed by atoms with Crippen molar-refractivity contribution >= 4 is 5.91 Å². The SMILES string of the molecule is O=C(C1CC1)N1CCC(C2CC(c3ccc(F)cc3)NN2)C1. The fraction of sp³-hybridized carbons (Fsp3) is 0.588. The van der Waals surface area contributed by atoms with E-state index in [2.05, 4.69) is 15.8 Å². The molecule has 0 spiro atoms. The molecule has 3 aliphatic rings. The van der Waals surface area contributed by atoms with Gasteiger partial charge in [0.05, 0.1) is 0 Å². The van der Waals surface area contributed by atoms with Gasteiger partial charge in [0.2, 0.25) is 5.91 Å². The molecular formula is C17H22FN3O. The summed E-state index contributed by atoms with van der Waals surface area (Å²) in [5.74, 6) is 1.00. The number of likely N-dealkylation sites (tertiary alicyclic amines) is 1. The normalized spacial score (nSPS) is 31.7. The van der Waals surface area contributed by atoms with E-state index in [1.807, 2.05) is 12.1 Å². The highest BCUT2D eigenvalue weighted by Crippen LogP contribution is 2.35. The van der Waals surface area contributed by atoms with Crippen molar-refractivity contribution in [2.75, 3.05) is 13.1 Å². The van der Waals surface area contributed by atoms with Gasteiger partial charge in [-0.15, -0.1) is 0 Å². The average molecular weight is 303 g/mol. The van der Waals surface area contributed by atoms with E-state index in [-0.39, 0.29) is 11.9 Å². The minimum Gasteiger partial charge on any atom is -0.342 e. The van der Waals surface area contributed by atoms with Crippen LogP contribution in [0, 0.1) is 17.7 Å². The molecule has 0 aromatic heterocycles. The summed E-state index contributed by atoms with van der Waals surface area (Å²) in [6, 6.07) is 7.31. The Bertz CT molecular complexity index is 558. The molecule has 3 fully saturated rings. The summed E-state index contributed by atoms with van der Waals surface area (Å²) in [7, 11) is 0. The number of carbonyl (C=O) groups is 1. The van der Waals surface area contributed by atoms with Crippen LogP contribution in [0.15, 0.2) is 24.3 Å². The zero-order valence-electron chi connectivity index (χ0n) is 12.6. The fourth-order valence-corrected chi connectivity index (χ4v) is 3.71. The predicted molar refractivity (Wildman–Crippen MR) is 81.2 cm³/mol. The molecule has 0 radical (unpaired) electrons. The number of nitrogens with zero attached hydrogens (tertiary/aromatic N) is 1. The second-order valence-electron chi connectivity index (χ2n) is 6.84. The lowest BCUT2D eigenvalue weighted by Crippen LogP contribution is -2.38. The summed E-state index contributed by atoms with van der Waals surface area (Å²) in [6.45, 7) is 1.78. The first kappa shape index (κ1) is 14.2. The van der Waals surface area contributed by atoms with Gasteiger partial charge in [0, 0.05) is 31.1 Å². The van der Waals surface area contributed by atoms with Crippen molar-refractivity contribution in [3.63, 3.8) is 0 Å². The molecule has 2 aliphatic heterocycles. The van der Waals surface area contributed by atoms with Crippen LogP contribution in [0.25, 0.3) is 0 Å². The number of hydrazine groups is 1. The van der Waals surface area contributed by atoms with E-state index in [1.54, 1.807) is 0 Å². The molecule has 0 bridgehead atoms. The van der Waals surface area contributed by atoms with Gasteiger partial charge < -0.3 is 4.90 Å². The van der Waals surface area contributed by atoms with Crippen molar-refractivity contribution in [1.29, 1.82) is 0 Å². The molecule has 1 aliphatic carbocycles. The Labute approximate surface area is 130 Å². The van der Waals surface area contributed by atoms with Gasteiger partial charge in [0.1, 0.15) is 5.82 Å². The Balaban J connectivity index is 1.35. The first-order valence-corrected chi connectivity index (χ1v) is 8.26. The van der Waals surface area contributed by atoms with Gasteiger partial charge in [0.15, 0.2) is 0 Å². The summed E-state index contributed by atoms with van der Waals surface area (Å²) in [5.41, 5.74) is 7.82. The Morgan fingerprint density at radius 1 is 1.14 bits per heavy atom. The van der Waals surface area contributed by atoms with Gasteiger partial charge in [-0.05, 0) is 49.3 Å². The smallest absolute Gasteiger partial charge is 0.225 e. The third-order valence-electron chi connectivity index (χ3n) is 5.24. The summed E-state index contributed by atoms with van der Waals surface area (Å²) in [5, 5.41) is 0. The first-order chi connectivity index (χ1) is 10.7. The summed E-state index contributed by atoms with van der Waals surface area (Å²) in [6.07, 6.45) is 4.22. The summed E-state index contributed by atoms with van der Waals surface area (Å²) in [4.78, 5) is 14.2. The monoisotopic (exact) mass is 303 g/mol. The lowest BCUT2D eigenvalue weighted by atomic mass is 9.93. The van der Waals surface area contributed by atoms with E-state index in [0.29, 0.717) is 23.8 Å². The number of carbonyl (C=O) groups excluding carboxylic acids is 1. The Morgan fingerprint density at radius 2 is 1.91 bits per heavy atom. The first-order valence-electron chi connectivity index (χ1n) is 8.26. The zero-order valence-corrected chi connectivity index (χ0v) is 12.6. The van der Waals surface area contributed by atoms with Gasteiger partial charge in [-0.25, -0.2) is 4.39 Å². The van der Waals surface area contributed by atoms with Crippen LogP contribution in [-0.2, 0) is 4.79 Å². The van der Waals surface area contributed by atoms with Crippen LogP contribution in [0.2, 0.25) is 0 Å². The third kappa shape index (κ3) is 2.75. The number of amides is 1. The number of benzene rings is 1. The highest BCUT2D eigenvalue weighted by Gasteiger charge is 2.40. The van der Waals surface area contributed by atoms with Gasteiger partial charge in [-0.1, -0.05) is 12.1 Å². The van der Waals surface area contributed by atoms with Crippen molar-refractivity contribution in [2.24, 2.45) is 11.8 Å². The van der Waals surface area contributed by atoms with Gasteiger partial charge in [-0.2, -0.15) is 0 Å². The topological polar surface area (TPSA) is 44.4 Å². The maximum Gasteiger partial charge on any atom is 0.225 e. The molecule has 1 amide bonds. The molecule has 118 valence electrons. The van der Waals surface area contributed by atoms with E-state index in [0.717, 1.165) is 44.3 Å². The second-order valence-corrected chi connectivity index (χ2v) is 6.84. The van der Waals surface area contributed by atoms with E-state index in [1.165, 1.54) is 12.1 Å². The molecule has 22 heavy (non-hydrogen) atoms. The van der Waals surface area contributed by atoms with Crippen LogP contribution in [0.4, 0.5) is 4.39 Å². The Kier molecular flexibility index (Phi) is 3.62. The molecule has 2 N–H and O–H groups in total. The maximum absolute atomic E-state index is 13.0. The highest BCUT2D eigenvalue weighted by atomic mass is 19.1. The molecule has 5 heteroatoms. The number of rotatable bonds is 3. The lowest BCUT2D eigenvalue weighted by molar-refractivity contribution is -0.131. The summed E-state index contributed by atoms with van der Waals surface area (Å²) < 4.78 is 13.0. The van der Waals surface area contributed by atoms with E-state index < -0.39 is 0 Å². The standard InChI is InChI=1S/C17H22FN3O/c18-14-5-3-11(4-6-14)15-9-16(20-19-15)13-7-8-21(10-13)17(22)12-1-2-12/h3-6,12-13,15-16,19-20H,1-2,7-10H2. The quantitative estimate of drug-likeness (QED) is 0.897. The van der Waals surface area contributed by atoms with Crippen LogP contribution in [0.1, 0.15) is 37.3 Å². The van der Waals surface area contributed by atoms with Crippen molar-refractivity contribution < 1.29 is 9.18 Å². The molecule has 1 aromatic carbocycles. The summed E-state index contributed by atoms with van der Waals surface area (Å²) >= 11 is 0. The second kappa shape index (κ2) is 5.63. The highest BCUT2D eigenvalue weighted by molar-refractivity contribution is 5.81. The van der Waals surface area contributed by atoms with Gasteiger partial charge in [0.25, 0.3) is 0 Å². The zero-order chi connectivity index (χ0) is 15.1. The molecule has 2 heterocycles. The molecule has 4 rings (SSSR count). The van der Waals surface area contributed by atoms with Crippen LogP contribution < -0.4 is 10.9 Å². The Morgan fingerprint density at radius 3 is 2.64 bits per heavy atom.